The number of pyridine rings is 1. The van der Waals surface area contributed by atoms with Gasteiger partial charge < -0.3 is 9.47 Å². The highest BCUT2D eigenvalue weighted by atomic mass is 19.4. The van der Waals surface area contributed by atoms with Gasteiger partial charge in [0.15, 0.2) is 5.65 Å². The van der Waals surface area contributed by atoms with E-state index < -0.39 is 41.4 Å². The molecule has 0 spiro atoms. The molecular formula is C24H23F6N3O2. The fourth-order valence-electron chi connectivity index (χ4n) is 3.91. The monoisotopic (exact) mass is 499 g/mol. The Hall–Kier alpha value is -3.24. The normalized spacial score (nSPS) is 20.9. The molecule has 0 saturated heterocycles. The standard InChI is InChI=1S/C24H23F6N3O2/c1-4-5-6-18(35-24(28,29)30)13(2)16-12-17(16)14(3)34-19-9-10-33-20(11-15-7-8-15)31-32-22(33)21(19)23(25,26)27/h4-6,9-10,15-17H,2-3,7-8,11-12H2,1H3. The third-order valence-electron chi connectivity index (χ3n) is 5.94. The van der Waals surface area contributed by atoms with Crippen molar-refractivity contribution in [1.29, 1.82) is 0 Å². The molecule has 0 bridgehead atoms. The van der Waals surface area contributed by atoms with Crippen molar-refractivity contribution < 1.29 is 35.8 Å². The van der Waals surface area contributed by atoms with Crippen LogP contribution in [0.1, 0.15) is 37.6 Å². The van der Waals surface area contributed by atoms with E-state index in [0.717, 1.165) is 18.9 Å². The summed E-state index contributed by atoms with van der Waals surface area (Å²) in [7, 11) is 0. The predicted octanol–water partition coefficient (Wildman–Crippen LogP) is 6.78. The summed E-state index contributed by atoms with van der Waals surface area (Å²) in [5.74, 6) is -1.16. The number of halogens is 6. The zero-order valence-corrected chi connectivity index (χ0v) is 18.8. The molecule has 2 aliphatic carbocycles. The first-order valence-electron chi connectivity index (χ1n) is 11.0. The Labute approximate surface area is 197 Å². The molecule has 5 nitrogen and oxygen atoms in total. The first-order chi connectivity index (χ1) is 16.4. The average Bonchev–Trinajstić information content (AvgIpc) is 3.67. The zero-order valence-electron chi connectivity index (χ0n) is 18.8. The van der Waals surface area contributed by atoms with Gasteiger partial charge in [-0.25, -0.2) is 0 Å². The summed E-state index contributed by atoms with van der Waals surface area (Å²) in [6.07, 6.45) is -1.38. The highest BCUT2D eigenvalue weighted by Crippen LogP contribution is 2.51. The van der Waals surface area contributed by atoms with Crippen LogP contribution in [-0.4, -0.2) is 21.0 Å². The number of rotatable bonds is 9. The number of ether oxygens (including phenoxy) is 2. The van der Waals surface area contributed by atoms with Crippen LogP contribution in [0.25, 0.3) is 5.65 Å². The quantitative estimate of drug-likeness (QED) is 0.217. The van der Waals surface area contributed by atoms with Crippen LogP contribution in [0.2, 0.25) is 0 Å². The number of nitrogens with zero attached hydrogens (tertiary/aromatic N) is 3. The summed E-state index contributed by atoms with van der Waals surface area (Å²) in [6, 6.07) is 1.18. The van der Waals surface area contributed by atoms with Gasteiger partial charge >= 0.3 is 12.5 Å². The topological polar surface area (TPSA) is 48.7 Å². The Morgan fingerprint density at radius 1 is 1.14 bits per heavy atom. The minimum Gasteiger partial charge on any atom is -0.461 e. The number of fused-ring (bicyclic) bond motifs is 1. The molecule has 2 aromatic rings. The minimum absolute atomic E-state index is 0.0129. The van der Waals surface area contributed by atoms with Gasteiger partial charge in [-0.05, 0) is 55.7 Å². The van der Waals surface area contributed by atoms with Gasteiger partial charge in [0.25, 0.3) is 0 Å². The van der Waals surface area contributed by atoms with E-state index in [1.54, 1.807) is 6.92 Å². The second kappa shape index (κ2) is 9.09. The molecule has 0 N–H and O–H groups in total. The van der Waals surface area contributed by atoms with E-state index >= 15 is 0 Å². The molecule has 35 heavy (non-hydrogen) atoms. The molecule has 2 aliphatic rings. The van der Waals surface area contributed by atoms with Gasteiger partial charge in [0.2, 0.25) is 0 Å². The smallest absolute Gasteiger partial charge is 0.461 e. The zero-order chi connectivity index (χ0) is 25.5. The second-order valence-corrected chi connectivity index (χ2v) is 8.66. The van der Waals surface area contributed by atoms with Crippen molar-refractivity contribution in [1.82, 2.24) is 14.6 Å². The number of hydrogen-bond acceptors (Lipinski definition) is 4. The van der Waals surface area contributed by atoms with Crippen LogP contribution in [0.3, 0.4) is 0 Å². The molecular weight excluding hydrogens is 476 g/mol. The molecule has 2 unspecified atom stereocenters. The van der Waals surface area contributed by atoms with Gasteiger partial charge in [-0.15, -0.1) is 23.4 Å². The van der Waals surface area contributed by atoms with Gasteiger partial charge in [-0.3, -0.25) is 4.40 Å². The first kappa shape index (κ1) is 24.9. The number of aromatic nitrogens is 3. The van der Waals surface area contributed by atoms with E-state index in [1.165, 1.54) is 28.8 Å². The second-order valence-electron chi connectivity index (χ2n) is 8.66. The molecule has 188 valence electrons. The fourth-order valence-corrected chi connectivity index (χ4v) is 3.91. The molecule has 2 saturated carbocycles. The van der Waals surface area contributed by atoms with Crippen LogP contribution in [0.4, 0.5) is 26.3 Å². The van der Waals surface area contributed by atoms with E-state index in [2.05, 4.69) is 28.1 Å². The summed E-state index contributed by atoms with van der Waals surface area (Å²) in [5, 5.41) is 7.69. The average molecular weight is 499 g/mol. The largest absolute Gasteiger partial charge is 0.573 e. The highest BCUT2D eigenvalue weighted by Gasteiger charge is 2.46. The van der Waals surface area contributed by atoms with E-state index in [1.807, 2.05) is 0 Å². The third-order valence-corrected chi connectivity index (χ3v) is 5.94. The van der Waals surface area contributed by atoms with Crippen molar-refractivity contribution in [3.8, 4) is 5.75 Å². The van der Waals surface area contributed by atoms with Crippen molar-refractivity contribution in [3.05, 3.63) is 72.1 Å². The molecule has 0 aromatic carbocycles. The number of alkyl halides is 6. The molecule has 0 aliphatic heterocycles. The SMILES string of the molecule is C=C(Oc1ccn2c(CC3CC3)nnc2c1C(F)(F)F)C1CC1C(=C)C(=CC=CC)OC(F)(F)F. The van der Waals surface area contributed by atoms with Crippen LogP contribution in [0, 0.1) is 17.8 Å². The lowest BCUT2D eigenvalue weighted by Gasteiger charge is -2.17. The molecule has 2 heterocycles. The van der Waals surface area contributed by atoms with Gasteiger partial charge in [0.05, 0.1) is 0 Å². The Morgan fingerprint density at radius 2 is 1.86 bits per heavy atom. The van der Waals surface area contributed by atoms with Crippen molar-refractivity contribution >= 4 is 5.65 Å². The Balaban J connectivity index is 1.53. The summed E-state index contributed by atoms with van der Waals surface area (Å²) in [6.45, 7) is 9.05. The van der Waals surface area contributed by atoms with Gasteiger partial charge in [-0.2, -0.15) is 13.2 Å². The Bertz CT molecular complexity index is 1200. The lowest BCUT2D eigenvalue weighted by Crippen LogP contribution is -2.15. The van der Waals surface area contributed by atoms with Crippen LogP contribution in [0.15, 0.2) is 60.7 Å². The van der Waals surface area contributed by atoms with E-state index in [0.29, 0.717) is 24.6 Å². The van der Waals surface area contributed by atoms with Crippen molar-refractivity contribution in [2.24, 2.45) is 17.8 Å². The Morgan fingerprint density at radius 3 is 2.46 bits per heavy atom. The van der Waals surface area contributed by atoms with Crippen LogP contribution in [-0.2, 0) is 17.3 Å². The number of hydrogen-bond donors (Lipinski definition) is 0. The maximum Gasteiger partial charge on any atom is 0.573 e. The maximum absolute atomic E-state index is 14.0. The van der Waals surface area contributed by atoms with Gasteiger partial charge in [0, 0.05) is 18.5 Å². The highest BCUT2D eigenvalue weighted by molar-refractivity contribution is 5.57. The maximum atomic E-state index is 14.0. The minimum atomic E-state index is -4.91. The molecule has 4 rings (SSSR count). The molecule has 2 fully saturated rings. The summed E-state index contributed by atoms with van der Waals surface area (Å²) in [4.78, 5) is 0. The van der Waals surface area contributed by atoms with Crippen LogP contribution >= 0.6 is 0 Å². The van der Waals surface area contributed by atoms with Crippen molar-refractivity contribution in [2.75, 3.05) is 0 Å². The lowest BCUT2D eigenvalue weighted by atomic mass is 10.1. The summed E-state index contributed by atoms with van der Waals surface area (Å²) >= 11 is 0. The lowest BCUT2D eigenvalue weighted by molar-refractivity contribution is -0.304. The molecule has 2 aromatic heterocycles. The predicted molar refractivity (Wildman–Crippen MR) is 115 cm³/mol. The summed E-state index contributed by atoms with van der Waals surface area (Å²) < 4.78 is 91.2. The van der Waals surface area contributed by atoms with Crippen molar-refractivity contribution in [2.45, 2.75) is 45.1 Å². The van der Waals surface area contributed by atoms with Crippen LogP contribution < -0.4 is 4.74 Å². The molecule has 11 heteroatoms. The van der Waals surface area contributed by atoms with Crippen LogP contribution in [0.5, 0.6) is 5.75 Å². The van der Waals surface area contributed by atoms with E-state index in [-0.39, 0.29) is 17.0 Å². The Kier molecular flexibility index (Phi) is 6.46. The fraction of sp³-hybridized carbons (Fsp3) is 0.417. The molecule has 2 atom stereocenters. The molecule has 0 radical (unpaired) electrons. The number of allylic oxidation sites excluding steroid dienone is 5. The van der Waals surface area contributed by atoms with Gasteiger partial charge in [-0.1, -0.05) is 25.3 Å². The van der Waals surface area contributed by atoms with Crippen molar-refractivity contribution in [3.63, 3.8) is 0 Å². The third kappa shape index (κ3) is 5.71. The van der Waals surface area contributed by atoms with E-state index in [9.17, 15) is 26.3 Å². The molecule has 0 amide bonds. The van der Waals surface area contributed by atoms with E-state index in [4.69, 9.17) is 4.74 Å². The first-order valence-corrected chi connectivity index (χ1v) is 11.0. The summed E-state index contributed by atoms with van der Waals surface area (Å²) in [5.41, 5.74) is -1.39. The van der Waals surface area contributed by atoms with Gasteiger partial charge in [0.1, 0.15) is 28.7 Å².